The van der Waals surface area contributed by atoms with Crippen molar-refractivity contribution in [3.8, 4) is 0 Å². The molecule has 4 nitrogen and oxygen atoms in total. The van der Waals surface area contributed by atoms with E-state index in [9.17, 15) is 4.79 Å². The van der Waals surface area contributed by atoms with Crippen LogP contribution in [0.4, 0.5) is 5.69 Å². The van der Waals surface area contributed by atoms with Gasteiger partial charge in [0.2, 0.25) is 0 Å². The number of nitrogens with zero attached hydrogens (tertiary/aromatic N) is 1. The van der Waals surface area contributed by atoms with Crippen molar-refractivity contribution in [2.75, 3.05) is 12.8 Å². The van der Waals surface area contributed by atoms with Gasteiger partial charge in [-0.05, 0) is 12.1 Å². The van der Waals surface area contributed by atoms with Crippen molar-refractivity contribution in [3.63, 3.8) is 0 Å². The fourth-order valence-corrected chi connectivity index (χ4v) is 1.41. The van der Waals surface area contributed by atoms with Gasteiger partial charge in [0.05, 0.1) is 12.6 Å². The molecule has 15 heavy (non-hydrogen) atoms. The van der Waals surface area contributed by atoms with Gasteiger partial charge in [-0.2, -0.15) is 0 Å². The number of nitrogens with two attached hydrogens (primary N) is 1. The van der Waals surface area contributed by atoms with E-state index in [1.165, 1.54) is 13.2 Å². The molecule has 0 fully saturated rings. The summed E-state index contributed by atoms with van der Waals surface area (Å²) in [5.41, 5.74) is 7.25. The van der Waals surface area contributed by atoms with Crippen LogP contribution in [-0.4, -0.2) is 18.1 Å². The van der Waals surface area contributed by atoms with Crippen LogP contribution in [0.25, 0.3) is 10.9 Å². The molecule has 1 aromatic heterocycles. The predicted octanol–water partition coefficient (Wildman–Crippen LogP) is 1.60. The molecule has 0 aliphatic carbocycles. The van der Waals surface area contributed by atoms with Crippen molar-refractivity contribution in [3.05, 3.63) is 36.0 Å². The van der Waals surface area contributed by atoms with Gasteiger partial charge in [-0.15, -0.1) is 0 Å². The minimum absolute atomic E-state index is 0.230. The van der Waals surface area contributed by atoms with Crippen molar-refractivity contribution >= 4 is 22.6 Å². The third-order valence-electron chi connectivity index (χ3n) is 2.14. The number of pyridine rings is 1. The zero-order valence-electron chi connectivity index (χ0n) is 8.23. The van der Waals surface area contributed by atoms with Crippen LogP contribution in [0.15, 0.2) is 30.3 Å². The molecule has 0 aliphatic heterocycles. The number of para-hydroxylation sites is 1. The fraction of sp³-hybridized carbons (Fsp3) is 0.0909. The summed E-state index contributed by atoms with van der Waals surface area (Å²) in [6, 6.07) is 8.90. The Balaban J connectivity index is 2.67. The third-order valence-corrected chi connectivity index (χ3v) is 2.14. The first-order valence-corrected chi connectivity index (χ1v) is 4.46. The molecule has 0 saturated heterocycles. The molecule has 0 radical (unpaired) electrons. The number of rotatable bonds is 1. The van der Waals surface area contributed by atoms with Crippen molar-refractivity contribution in [2.45, 2.75) is 0 Å². The molecule has 0 unspecified atom stereocenters. The van der Waals surface area contributed by atoms with Gasteiger partial charge >= 0.3 is 5.97 Å². The van der Waals surface area contributed by atoms with Crippen molar-refractivity contribution < 1.29 is 9.53 Å². The Kier molecular flexibility index (Phi) is 2.25. The Morgan fingerprint density at radius 2 is 2.13 bits per heavy atom. The quantitative estimate of drug-likeness (QED) is 0.713. The van der Waals surface area contributed by atoms with Gasteiger partial charge in [0, 0.05) is 11.1 Å². The van der Waals surface area contributed by atoms with E-state index in [1.54, 1.807) is 6.07 Å². The van der Waals surface area contributed by atoms with E-state index in [1.807, 2.05) is 18.2 Å². The Labute approximate surface area is 86.7 Å². The highest BCUT2D eigenvalue weighted by Gasteiger charge is 2.09. The lowest BCUT2D eigenvalue weighted by Crippen LogP contribution is -2.05. The average molecular weight is 202 g/mol. The molecule has 2 aromatic rings. The number of hydrogen-bond donors (Lipinski definition) is 1. The van der Waals surface area contributed by atoms with Crippen molar-refractivity contribution in [1.29, 1.82) is 0 Å². The first-order valence-electron chi connectivity index (χ1n) is 4.46. The summed E-state index contributed by atoms with van der Waals surface area (Å²) in [4.78, 5) is 15.4. The molecule has 4 heteroatoms. The predicted molar refractivity (Wildman–Crippen MR) is 57.5 cm³/mol. The van der Waals surface area contributed by atoms with Crippen LogP contribution >= 0.6 is 0 Å². The van der Waals surface area contributed by atoms with Crippen LogP contribution in [0.2, 0.25) is 0 Å². The number of ether oxygens (including phenoxy) is 1. The zero-order valence-corrected chi connectivity index (χ0v) is 8.23. The highest BCUT2D eigenvalue weighted by molar-refractivity contribution is 5.96. The number of aromatic nitrogens is 1. The smallest absolute Gasteiger partial charge is 0.356 e. The van der Waals surface area contributed by atoms with Gasteiger partial charge in [-0.3, -0.25) is 0 Å². The maximum atomic E-state index is 11.3. The first-order chi connectivity index (χ1) is 7.22. The van der Waals surface area contributed by atoms with E-state index >= 15 is 0 Å². The van der Waals surface area contributed by atoms with Gasteiger partial charge < -0.3 is 10.5 Å². The summed E-state index contributed by atoms with van der Waals surface area (Å²) in [6.45, 7) is 0. The van der Waals surface area contributed by atoms with Crippen LogP contribution in [0.5, 0.6) is 0 Å². The Morgan fingerprint density at radius 3 is 2.87 bits per heavy atom. The number of anilines is 1. The number of hydrogen-bond acceptors (Lipinski definition) is 4. The maximum Gasteiger partial charge on any atom is 0.356 e. The van der Waals surface area contributed by atoms with E-state index in [-0.39, 0.29) is 5.69 Å². The summed E-state index contributed by atoms with van der Waals surface area (Å²) >= 11 is 0. The first kappa shape index (κ1) is 9.45. The van der Waals surface area contributed by atoms with E-state index in [0.717, 1.165) is 5.39 Å². The lowest BCUT2D eigenvalue weighted by atomic mass is 10.1. The molecule has 2 N–H and O–H groups in total. The number of carbonyl (C=O) groups is 1. The number of carbonyl (C=O) groups excluding carboxylic acids is 1. The summed E-state index contributed by atoms with van der Waals surface area (Å²) in [5, 5.41) is 0.838. The monoisotopic (exact) mass is 202 g/mol. The van der Waals surface area contributed by atoms with E-state index in [4.69, 9.17) is 5.73 Å². The summed E-state index contributed by atoms with van der Waals surface area (Å²) in [6.07, 6.45) is 0. The molecule has 0 spiro atoms. The molecular formula is C11H10N2O2. The normalized spacial score (nSPS) is 10.2. The zero-order chi connectivity index (χ0) is 10.8. The summed E-state index contributed by atoms with van der Waals surface area (Å²) < 4.78 is 4.58. The second-order valence-electron chi connectivity index (χ2n) is 3.11. The molecule has 1 heterocycles. The Hall–Kier alpha value is -2.10. The van der Waals surface area contributed by atoms with Gasteiger partial charge in [0.1, 0.15) is 0 Å². The minimum atomic E-state index is -0.479. The summed E-state index contributed by atoms with van der Waals surface area (Å²) in [5.74, 6) is -0.479. The van der Waals surface area contributed by atoms with Gasteiger partial charge in [-0.25, -0.2) is 9.78 Å². The van der Waals surface area contributed by atoms with Gasteiger partial charge in [0.15, 0.2) is 5.69 Å². The molecule has 0 aliphatic rings. The molecule has 76 valence electrons. The van der Waals surface area contributed by atoms with E-state index in [0.29, 0.717) is 11.2 Å². The SMILES string of the molecule is COC(=O)c1cc(N)c2ccccc2n1. The summed E-state index contributed by atoms with van der Waals surface area (Å²) in [7, 11) is 1.31. The molecule has 2 rings (SSSR count). The lowest BCUT2D eigenvalue weighted by molar-refractivity contribution is 0.0594. The number of fused-ring (bicyclic) bond motifs is 1. The number of nitrogen functional groups attached to an aromatic ring is 1. The van der Waals surface area contributed by atoms with Crippen molar-refractivity contribution in [1.82, 2.24) is 4.98 Å². The second-order valence-corrected chi connectivity index (χ2v) is 3.11. The van der Waals surface area contributed by atoms with Crippen LogP contribution in [0.3, 0.4) is 0 Å². The van der Waals surface area contributed by atoms with E-state index < -0.39 is 5.97 Å². The highest BCUT2D eigenvalue weighted by Crippen LogP contribution is 2.20. The van der Waals surface area contributed by atoms with Gasteiger partial charge in [-0.1, -0.05) is 18.2 Å². The molecule has 0 saturated carbocycles. The second kappa shape index (κ2) is 3.57. The molecule has 0 amide bonds. The molecule has 1 aromatic carbocycles. The van der Waals surface area contributed by atoms with Crippen LogP contribution in [0, 0.1) is 0 Å². The standard InChI is InChI=1S/C11H10N2O2/c1-15-11(14)10-6-8(12)7-4-2-3-5-9(7)13-10/h2-6H,1H3,(H2,12,13). The van der Waals surface area contributed by atoms with Gasteiger partial charge in [0.25, 0.3) is 0 Å². The maximum absolute atomic E-state index is 11.3. The topological polar surface area (TPSA) is 65.2 Å². The number of esters is 1. The third kappa shape index (κ3) is 1.61. The highest BCUT2D eigenvalue weighted by atomic mass is 16.5. The number of benzene rings is 1. The lowest BCUT2D eigenvalue weighted by Gasteiger charge is -2.04. The molecule has 0 bridgehead atoms. The van der Waals surface area contributed by atoms with E-state index in [2.05, 4.69) is 9.72 Å². The van der Waals surface area contributed by atoms with Crippen LogP contribution in [0.1, 0.15) is 10.5 Å². The van der Waals surface area contributed by atoms with Crippen molar-refractivity contribution in [2.24, 2.45) is 0 Å². The Bertz CT molecular complexity index is 523. The van der Waals surface area contributed by atoms with Crippen LogP contribution < -0.4 is 5.73 Å². The Morgan fingerprint density at radius 1 is 1.40 bits per heavy atom. The molecular weight excluding hydrogens is 192 g/mol. The average Bonchev–Trinajstić information content (AvgIpc) is 2.28. The number of methoxy groups -OCH3 is 1. The fourth-order valence-electron chi connectivity index (χ4n) is 1.41. The minimum Gasteiger partial charge on any atom is -0.464 e. The van der Waals surface area contributed by atoms with Crippen LogP contribution in [-0.2, 0) is 4.74 Å². The largest absolute Gasteiger partial charge is 0.464 e. The molecule has 0 atom stereocenters.